The molecule has 4 atom stereocenters. The summed E-state index contributed by atoms with van der Waals surface area (Å²) in [5.74, 6) is -2.17. The number of methoxy groups -OCH3 is 1. The number of aliphatic hydroxyl groups is 1. The molecule has 1 aromatic carbocycles. The predicted molar refractivity (Wildman–Crippen MR) is 224 cm³/mol. The van der Waals surface area contributed by atoms with Crippen LogP contribution in [-0.2, 0) is 43.2 Å². The van der Waals surface area contributed by atoms with Crippen LogP contribution in [0.1, 0.15) is 76.8 Å². The monoisotopic (exact) mass is 828 g/mol. The van der Waals surface area contributed by atoms with Gasteiger partial charge in [-0.3, -0.25) is 19.6 Å². The van der Waals surface area contributed by atoms with E-state index in [0.717, 1.165) is 44.7 Å². The van der Waals surface area contributed by atoms with E-state index in [9.17, 15) is 24.3 Å². The fraction of sp³-hybridized carbons (Fsp3) is 0.535. The van der Waals surface area contributed by atoms with Crippen LogP contribution in [0.25, 0.3) is 33.4 Å². The highest BCUT2D eigenvalue weighted by atomic mass is 32.1. The molecule has 3 aromatic heterocycles. The highest BCUT2D eigenvalue weighted by molar-refractivity contribution is 7.10. The van der Waals surface area contributed by atoms with Crippen LogP contribution in [0, 0.1) is 11.3 Å². The SMILES string of the molecule is CCn1c(-c2cccnc2[C@H](C)OC)c2c3cc(ccc31)-c1csc(n1)C[C@H](NC(=O)[C@H](C(C)C)N1CCN(C)C1=O)C(=O)N1CCC[C@@](O)(N1)C(=O)OCC(C)(C)C2. The number of hydrogen-bond acceptors (Lipinski definition) is 11. The maximum absolute atomic E-state index is 14.5. The van der Waals surface area contributed by atoms with Gasteiger partial charge in [0.2, 0.25) is 11.6 Å². The summed E-state index contributed by atoms with van der Waals surface area (Å²) in [5.41, 5.74) is 6.41. The zero-order chi connectivity index (χ0) is 42.4. The van der Waals surface area contributed by atoms with Crippen molar-refractivity contribution in [3.63, 3.8) is 0 Å². The van der Waals surface area contributed by atoms with Crippen molar-refractivity contribution >= 4 is 46.1 Å². The molecule has 0 radical (unpaired) electrons. The topological polar surface area (TPSA) is 171 Å². The van der Waals surface area contributed by atoms with Crippen molar-refractivity contribution in [2.45, 2.75) is 97.7 Å². The Labute approximate surface area is 349 Å². The number of carbonyl (C=O) groups is 4. The van der Waals surface area contributed by atoms with Gasteiger partial charge in [0.1, 0.15) is 12.1 Å². The molecule has 7 rings (SSSR count). The summed E-state index contributed by atoms with van der Waals surface area (Å²) in [6.45, 7) is 13.6. The van der Waals surface area contributed by atoms with Gasteiger partial charge >= 0.3 is 12.0 Å². The van der Waals surface area contributed by atoms with E-state index in [1.165, 1.54) is 21.2 Å². The Morgan fingerprint density at radius 1 is 1.15 bits per heavy atom. The number of carbonyl (C=O) groups excluding carboxylic acids is 4. The number of rotatable bonds is 8. The van der Waals surface area contributed by atoms with E-state index in [2.05, 4.69) is 40.4 Å². The van der Waals surface area contributed by atoms with Crippen LogP contribution in [0.3, 0.4) is 0 Å². The number of fused-ring (bicyclic) bond motifs is 6. The first-order valence-electron chi connectivity index (χ1n) is 20.4. The van der Waals surface area contributed by atoms with Crippen LogP contribution in [0.5, 0.6) is 0 Å². The molecule has 0 spiro atoms. The lowest BCUT2D eigenvalue weighted by Gasteiger charge is -2.40. The van der Waals surface area contributed by atoms with Crippen molar-refractivity contribution in [1.29, 1.82) is 0 Å². The lowest BCUT2D eigenvalue weighted by Crippen LogP contribution is -2.67. The van der Waals surface area contributed by atoms with Gasteiger partial charge in [0.25, 0.3) is 5.91 Å². The summed E-state index contributed by atoms with van der Waals surface area (Å²) in [6, 6.07) is 8.07. The Balaban J connectivity index is 1.34. The molecule has 3 N–H and O–H groups in total. The van der Waals surface area contributed by atoms with Gasteiger partial charge < -0.3 is 34.3 Å². The second kappa shape index (κ2) is 16.6. The van der Waals surface area contributed by atoms with E-state index in [-0.39, 0.29) is 44.0 Å². The number of aromatic nitrogens is 3. The molecule has 16 heteroatoms. The first kappa shape index (κ1) is 42.2. The van der Waals surface area contributed by atoms with E-state index in [1.54, 1.807) is 25.3 Å². The van der Waals surface area contributed by atoms with Gasteiger partial charge in [0.15, 0.2) is 0 Å². The molecule has 6 bridgehead atoms. The van der Waals surface area contributed by atoms with Crippen LogP contribution in [0.2, 0.25) is 0 Å². The lowest BCUT2D eigenvalue weighted by atomic mass is 9.84. The molecule has 2 fully saturated rings. The van der Waals surface area contributed by atoms with Crippen LogP contribution >= 0.6 is 11.3 Å². The summed E-state index contributed by atoms with van der Waals surface area (Å²) < 4.78 is 14.0. The van der Waals surface area contributed by atoms with E-state index in [1.807, 2.05) is 52.1 Å². The Bertz CT molecular complexity index is 2250. The molecule has 3 aliphatic heterocycles. The number of pyridine rings is 1. The third kappa shape index (κ3) is 8.19. The minimum absolute atomic E-state index is 0.0152. The van der Waals surface area contributed by atoms with E-state index in [0.29, 0.717) is 37.5 Å². The van der Waals surface area contributed by atoms with Gasteiger partial charge in [-0.15, -0.1) is 11.3 Å². The van der Waals surface area contributed by atoms with Crippen molar-refractivity contribution in [3.05, 3.63) is 58.2 Å². The Morgan fingerprint density at radius 2 is 1.93 bits per heavy atom. The lowest BCUT2D eigenvalue weighted by molar-refractivity contribution is -0.189. The molecule has 6 heterocycles. The first-order valence-corrected chi connectivity index (χ1v) is 21.3. The number of cyclic esters (lactones) is 1. The quantitative estimate of drug-likeness (QED) is 0.207. The summed E-state index contributed by atoms with van der Waals surface area (Å²) in [4.78, 5) is 68.4. The molecule has 0 saturated carbocycles. The van der Waals surface area contributed by atoms with E-state index >= 15 is 0 Å². The Kier molecular flexibility index (Phi) is 11.9. The number of ether oxygens (including phenoxy) is 2. The highest BCUT2D eigenvalue weighted by Crippen LogP contribution is 2.42. The number of benzene rings is 1. The molecule has 0 aliphatic carbocycles. The number of esters is 1. The zero-order valence-electron chi connectivity index (χ0n) is 35.2. The van der Waals surface area contributed by atoms with Crippen molar-refractivity contribution in [1.82, 2.24) is 40.1 Å². The molecular formula is C43H56N8O7S. The normalized spacial score (nSPS) is 22.4. The Hall–Kier alpha value is -4.90. The number of nitrogens with zero attached hydrogens (tertiary/aromatic N) is 6. The van der Waals surface area contributed by atoms with E-state index in [4.69, 9.17) is 19.4 Å². The number of likely N-dealkylation sites (N-methyl/N-ethyl adjacent to an activating group) is 1. The van der Waals surface area contributed by atoms with Crippen molar-refractivity contribution in [2.24, 2.45) is 11.3 Å². The molecule has 0 unspecified atom stereocenters. The largest absolute Gasteiger partial charge is 0.462 e. The third-order valence-electron chi connectivity index (χ3n) is 11.7. The molecule has 4 aromatic rings. The Morgan fingerprint density at radius 3 is 2.63 bits per heavy atom. The van der Waals surface area contributed by atoms with Crippen molar-refractivity contribution in [2.75, 3.05) is 40.4 Å². The fourth-order valence-corrected chi connectivity index (χ4v) is 9.44. The fourth-order valence-electron chi connectivity index (χ4n) is 8.59. The molecule has 4 amide bonds. The van der Waals surface area contributed by atoms with Crippen molar-refractivity contribution in [3.8, 4) is 22.5 Å². The standard InChI is InChI=1S/C43H56N8O7S/c1-9-49-33-14-13-27-20-29(33)30(37(49)28-12-10-16-44-35(28)26(4)57-8)22-42(5,6)24-58-40(54)43(56)15-11-17-51(47-43)39(53)31(21-34-45-32(27)23-59-34)46-38(52)36(25(2)3)50-19-18-48(7)41(50)55/h10,12-14,16,20,23,25-26,31,36,47,56H,9,11,15,17-19,21-22,24H2,1-8H3,(H,46,52)/t26-,31-,36-,43-/m0/s1. The number of urea groups is 1. The number of hydrogen-bond donors (Lipinski definition) is 3. The average Bonchev–Trinajstić information content (AvgIpc) is 3.90. The smallest absolute Gasteiger partial charge is 0.355 e. The molecule has 2 saturated heterocycles. The van der Waals surface area contributed by atoms with Gasteiger partial charge in [0, 0.05) is 92.2 Å². The minimum Gasteiger partial charge on any atom is -0.462 e. The number of thiazole rings is 1. The van der Waals surface area contributed by atoms with E-state index < -0.39 is 41.0 Å². The average molecular weight is 829 g/mol. The summed E-state index contributed by atoms with van der Waals surface area (Å²) in [5, 5.41) is 19.5. The van der Waals surface area contributed by atoms with Crippen LogP contribution in [0.4, 0.5) is 4.79 Å². The van der Waals surface area contributed by atoms with Gasteiger partial charge in [-0.05, 0) is 62.4 Å². The number of nitrogens with one attached hydrogen (secondary N) is 2. The number of hydrazine groups is 1. The van der Waals surface area contributed by atoms with Gasteiger partial charge in [-0.2, -0.15) is 5.43 Å². The van der Waals surface area contributed by atoms with Crippen LogP contribution in [-0.4, -0.2) is 116 Å². The van der Waals surface area contributed by atoms with Gasteiger partial charge in [0.05, 0.1) is 34.8 Å². The van der Waals surface area contributed by atoms with Crippen LogP contribution < -0.4 is 10.7 Å². The summed E-state index contributed by atoms with van der Waals surface area (Å²) in [6.07, 6.45) is 2.36. The number of amides is 4. The van der Waals surface area contributed by atoms with Gasteiger partial charge in [-0.1, -0.05) is 33.8 Å². The number of aryl methyl sites for hydroxylation is 1. The maximum atomic E-state index is 14.5. The molecule has 59 heavy (non-hydrogen) atoms. The summed E-state index contributed by atoms with van der Waals surface area (Å²) >= 11 is 1.38. The van der Waals surface area contributed by atoms with Gasteiger partial charge in [-0.25, -0.2) is 14.6 Å². The first-order chi connectivity index (χ1) is 28.1. The third-order valence-corrected chi connectivity index (χ3v) is 12.6. The predicted octanol–water partition coefficient (Wildman–Crippen LogP) is 4.91. The van der Waals surface area contributed by atoms with Crippen LogP contribution in [0.15, 0.2) is 41.9 Å². The second-order valence-corrected chi connectivity index (χ2v) is 18.0. The zero-order valence-corrected chi connectivity index (χ0v) is 36.0. The maximum Gasteiger partial charge on any atom is 0.355 e. The molecule has 15 nitrogen and oxygen atoms in total. The second-order valence-electron chi connectivity index (χ2n) is 17.1. The molecule has 3 aliphatic rings. The molecule has 316 valence electrons. The minimum atomic E-state index is -2.19. The van der Waals surface area contributed by atoms with Crippen molar-refractivity contribution < 1.29 is 33.8 Å². The highest BCUT2D eigenvalue weighted by Gasteiger charge is 2.46. The molecular weight excluding hydrogens is 773 g/mol. The summed E-state index contributed by atoms with van der Waals surface area (Å²) in [7, 11) is 3.36.